The highest BCUT2D eigenvalue weighted by Gasteiger charge is 2.21. The number of benzene rings is 1. The first-order chi connectivity index (χ1) is 7.86. The summed E-state index contributed by atoms with van der Waals surface area (Å²) in [6, 6.07) is 6.31. The predicted octanol–water partition coefficient (Wildman–Crippen LogP) is 1.92. The molecule has 1 atom stereocenters. The zero-order valence-electron chi connectivity index (χ0n) is 9.95. The van der Waals surface area contributed by atoms with E-state index in [1.54, 1.807) is 14.2 Å². The third-order valence-electron chi connectivity index (χ3n) is 3.13. The molecule has 1 aliphatic rings. The lowest BCUT2D eigenvalue weighted by atomic mass is 9.95. The highest BCUT2D eigenvalue weighted by molar-refractivity contribution is 5.43. The van der Waals surface area contributed by atoms with E-state index in [0.29, 0.717) is 12.5 Å². The summed E-state index contributed by atoms with van der Waals surface area (Å²) in [4.78, 5) is 0. The van der Waals surface area contributed by atoms with Gasteiger partial charge in [0, 0.05) is 25.1 Å². The van der Waals surface area contributed by atoms with E-state index in [-0.39, 0.29) is 0 Å². The number of para-hydroxylation sites is 1. The molecule has 1 heterocycles. The summed E-state index contributed by atoms with van der Waals surface area (Å²) >= 11 is 0. The number of rotatable bonds is 4. The van der Waals surface area contributed by atoms with E-state index < -0.39 is 0 Å². The Kier molecular flexibility index (Phi) is 3.80. The van der Waals surface area contributed by atoms with Crippen LogP contribution in [-0.2, 0) is 11.3 Å². The van der Waals surface area contributed by atoms with Crippen molar-refractivity contribution >= 4 is 0 Å². The van der Waals surface area contributed by atoms with E-state index in [1.165, 1.54) is 12.0 Å². The van der Waals surface area contributed by atoms with Gasteiger partial charge >= 0.3 is 0 Å². The molecule has 1 aromatic carbocycles. The highest BCUT2D eigenvalue weighted by Crippen LogP contribution is 2.33. The maximum Gasteiger partial charge on any atom is 0.127 e. The molecule has 1 aliphatic heterocycles. The van der Waals surface area contributed by atoms with Gasteiger partial charge in [0.2, 0.25) is 0 Å². The van der Waals surface area contributed by atoms with Crippen LogP contribution in [0.25, 0.3) is 0 Å². The molecule has 0 bridgehead atoms. The minimum atomic E-state index is 0.576. The first-order valence-electron chi connectivity index (χ1n) is 5.72. The van der Waals surface area contributed by atoms with E-state index in [4.69, 9.17) is 9.47 Å². The van der Waals surface area contributed by atoms with Crippen molar-refractivity contribution in [3.63, 3.8) is 0 Å². The quantitative estimate of drug-likeness (QED) is 0.842. The normalized spacial score (nSPS) is 20.0. The lowest BCUT2D eigenvalue weighted by molar-refractivity contribution is 0.181. The van der Waals surface area contributed by atoms with Gasteiger partial charge in [-0.1, -0.05) is 18.2 Å². The van der Waals surface area contributed by atoms with Crippen LogP contribution in [0.2, 0.25) is 0 Å². The number of nitrogens with one attached hydrogen (secondary N) is 1. The lowest BCUT2D eigenvalue weighted by Crippen LogP contribution is -2.09. The van der Waals surface area contributed by atoms with Crippen LogP contribution in [-0.4, -0.2) is 27.3 Å². The molecule has 88 valence electrons. The van der Waals surface area contributed by atoms with Crippen LogP contribution < -0.4 is 10.1 Å². The topological polar surface area (TPSA) is 30.5 Å². The molecule has 0 radical (unpaired) electrons. The summed E-state index contributed by atoms with van der Waals surface area (Å²) < 4.78 is 10.7. The first-order valence-corrected chi connectivity index (χ1v) is 5.72. The average molecular weight is 221 g/mol. The van der Waals surface area contributed by atoms with E-state index in [0.717, 1.165) is 24.4 Å². The third kappa shape index (κ3) is 2.20. The summed E-state index contributed by atoms with van der Waals surface area (Å²) in [5.74, 6) is 1.57. The molecule has 0 aliphatic carbocycles. The molecule has 16 heavy (non-hydrogen) atoms. The maximum atomic E-state index is 5.53. The van der Waals surface area contributed by atoms with Gasteiger partial charge in [0.1, 0.15) is 5.75 Å². The van der Waals surface area contributed by atoms with Crippen molar-refractivity contribution < 1.29 is 9.47 Å². The maximum absolute atomic E-state index is 5.53. The zero-order valence-corrected chi connectivity index (χ0v) is 9.95. The average Bonchev–Trinajstić information content (AvgIpc) is 2.82. The van der Waals surface area contributed by atoms with Gasteiger partial charge in [0.05, 0.1) is 13.7 Å². The predicted molar refractivity (Wildman–Crippen MR) is 63.9 cm³/mol. The molecule has 2 rings (SSSR count). The van der Waals surface area contributed by atoms with Gasteiger partial charge in [0.15, 0.2) is 0 Å². The summed E-state index contributed by atoms with van der Waals surface area (Å²) in [5.41, 5.74) is 2.44. The van der Waals surface area contributed by atoms with Crippen molar-refractivity contribution in [2.75, 3.05) is 27.3 Å². The van der Waals surface area contributed by atoms with Gasteiger partial charge in [-0.3, -0.25) is 0 Å². The van der Waals surface area contributed by atoms with E-state index >= 15 is 0 Å². The molecule has 0 aromatic heterocycles. The Labute approximate surface area is 96.8 Å². The molecule has 0 amide bonds. The fraction of sp³-hybridized carbons (Fsp3) is 0.538. The summed E-state index contributed by atoms with van der Waals surface area (Å²) in [7, 11) is 3.45. The van der Waals surface area contributed by atoms with Crippen molar-refractivity contribution in [3.05, 3.63) is 29.3 Å². The fourth-order valence-electron chi connectivity index (χ4n) is 2.36. The van der Waals surface area contributed by atoms with Crippen LogP contribution in [0.5, 0.6) is 5.75 Å². The molecule has 1 unspecified atom stereocenters. The number of methoxy groups -OCH3 is 2. The van der Waals surface area contributed by atoms with Gasteiger partial charge in [-0.15, -0.1) is 0 Å². The van der Waals surface area contributed by atoms with Crippen LogP contribution in [0.1, 0.15) is 23.5 Å². The molecular weight excluding hydrogens is 202 g/mol. The van der Waals surface area contributed by atoms with Gasteiger partial charge in [-0.25, -0.2) is 0 Å². The lowest BCUT2D eigenvalue weighted by Gasteiger charge is -2.17. The largest absolute Gasteiger partial charge is 0.496 e. The Morgan fingerprint density at radius 2 is 2.25 bits per heavy atom. The van der Waals surface area contributed by atoms with Crippen molar-refractivity contribution in [2.45, 2.75) is 18.9 Å². The highest BCUT2D eigenvalue weighted by atomic mass is 16.5. The monoisotopic (exact) mass is 221 g/mol. The Hall–Kier alpha value is -1.06. The van der Waals surface area contributed by atoms with Gasteiger partial charge in [-0.05, 0) is 18.5 Å². The zero-order chi connectivity index (χ0) is 11.4. The Bertz CT molecular complexity index is 346. The minimum absolute atomic E-state index is 0.576. The van der Waals surface area contributed by atoms with Crippen molar-refractivity contribution in [1.29, 1.82) is 0 Å². The van der Waals surface area contributed by atoms with E-state index in [9.17, 15) is 0 Å². The molecule has 1 fully saturated rings. The Morgan fingerprint density at radius 1 is 1.38 bits per heavy atom. The van der Waals surface area contributed by atoms with E-state index in [1.807, 2.05) is 0 Å². The summed E-state index contributed by atoms with van der Waals surface area (Å²) in [6.45, 7) is 2.76. The van der Waals surface area contributed by atoms with Gasteiger partial charge in [0.25, 0.3) is 0 Å². The second-order valence-electron chi connectivity index (χ2n) is 4.16. The second kappa shape index (κ2) is 5.32. The molecule has 0 saturated carbocycles. The van der Waals surface area contributed by atoms with Gasteiger partial charge < -0.3 is 14.8 Å². The number of hydrogen-bond donors (Lipinski definition) is 1. The minimum Gasteiger partial charge on any atom is -0.496 e. The third-order valence-corrected chi connectivity index (χ3v) is 3.13. The molecule has 3 heteroatoms. The Balaban J connectivity index is 2.31. The van der Waals surface area contributed by atoms with E-state index in [2.05, 4.69) is 23.5 Å². The van der Waals surface area contributed by atoms with Gasteiger partial charge in [-0.2, -0.15) is 0 Å². The summed E-state index contributed by atoms with van der Waals surface area (Å²) in [6.07, 6.45) is 1.19. The van der Waals surface area contributed by atoms with Crippen LogP contribution >= 0.6 is 0 Å². The number of hydrogen-bond acceptors (Lipinski definition) is 3. The van der Waals surface area contributed by atoms with Crippen molar-refractivity contribution in [3.8, 4) is 5.75 Å². The van der Waals surface area contributed by atoms with Crippen molar-refractivity contribution in [2.24, 2.45) is 0 Å². The molecule has 3 nitrogen and oxygen atoms in total. The van der Waals surface area contributed by atoms with Crippen LogP contribution in [0.4, 0.5) is 0 Å². The second-order valence-corrected chi connectivity index (χ2v) is 4.16. The molecule has 1 saturated heterocycles. The molecular formula is C13H19NO2. The SMILES string of the molecule is COCc1cccc(C2CCNC2)c1OC. The van der Waals surface area contributed by atoms with Crippen molar-refractivity contribution in [1.82, 2.24) is 5.32 Å². The Morgan fingerprint density at radius 3 is 2.88 bits per heavy atom. The first kappa shape index (κ1) is 11.4. The smallest absolute Gasteiger partial charge is 0.127 e. The summed E-state index contributed by atoms with van der Waals surface area (Å²) in [5, 5.41) is 3.39. The number of ether oxygens (including phenoxy) is 2. The molecule has 1 N–H and O–H groups in total. The van der Waals surface area contributed by atoms with Crippen LogP contribution in [0.3, 0.4) is 0 Å². The molecule has 0 spiro atoms. The van der Waals surface area contributed by atoms with Crippen LogP contribution in [0, 0.1) is 0 Å². The fourth-order valence-corrected chi connectivity index (χ4v) is 2.36. The van der Waals surface area contributed by atoms with Crippen LogP contribution in [0.15, 0.2) is 18.2 Å². The standard InChI is InChI=1S/C13H19NO2/c1-15-9-11-4-3-5-12(13(11)16-2)10-6-7-14-8-10/h3-5,10,14H,6-9H2,1-2H3. The molecule has 1 aromatic rings.